The van der Waals surface area contributed by atoms with E-state index in [2.05, 4.69) is 5.32 Å². The lowest BCUT2D eigenvalue weighted by Gasteiger charge is -2.23. The maximum atomic E-state index is 13.4. The molecule has 94 valence electrons. The zero-order valence-corrected chi connectivity index (χ0v) is 9.56. The van der Waals surface area contributed by atoms with E-state index in [1.807, 2.05) is 0 Å². The van der Waals surface area contributed by atoms with Crippen LogP contribution in [-0.4, -0.2) is 12.6 Å². The Labute approximate surface area is 99.0 Å². The molecule has 0 spiro atoms. The van der Waals surface area contributed by atoms with Crippen molar-refractivity contribution in [1.29, 1.82) is 0 Å². The minimum absolute atomic E-state index is 0.348. The van der Waals surface area contributed by atoms with Crippen LogP contribution in [0.15, 0.2) is 18.2 Å². The van der Waals surface area contributed by atoms with Gasteiger partial charge in [-0.2, -0.15) is 0 Å². The van der Waals surface area contributed by atoms with E-state index in [9.17, 15) is 13.2 Å². The van der Waals surface area contributed by atoms with Crippen molar-refractivity contribution in [2.24, 2.45) is 0 Å². The van der Waals surface area contributed by atoms with Crippen LogP contribution in [0.25, 0.3) is 0 Å². The van der Waals surface area contributed by atoms with Crippen molar-refractivity contribution < 1.29 is 13.2 Å². The molecule has 1 aliphatic heterocycles. The largest absolute Gasteiger partial charge is 0.314 e. The van der Waals surface area contributed by atoms with E-state index in [0.717, 1.165) is 18.5 Å². The topological polar surface area (TPSA) is 12.0 Å². The van der Waals surface area contributed by atoms with Gasteiger partial charge in [0.05, 0.1) is 5.56 Å². The molecule has 1 aliphatic rings. The van der Waals surface area contributed by atoms with E-state index in [-0.39, 0.29) is 0 Å². The number of alkyl halides is 2. The Bertz CT molecular complexity index is 373. The first-order chi connectivity index (χ1) is 8.16. The number of nitrogens with one attached hydrogen (secondary N) is 1. The summed E-state index contributed by atoms with van der Waals surface area (Å²) < 4.78 is 38.1. The molecule has 1 heterocycles. The molecule has 1 atom stereocenters. The minimum atomic E-state index is -2.74. The summed E-state index contributed by atoms with van der Waals surface area (Å²) in [7, 11) is 0. The van der Waals surface area contributed by atoms with Crippen molar-refractivity contribution in [1.82, 2.24) is 5.32 Å². The van der Waals surface area contributed by atoms with Gasteiger partial charge in [-0.05, 0) is 37.4 Å². The SMILES string of the molecule is Fc1cc(CC2CCCCN2)ccc1C(F)F. The van der Waals surface area contributed by atoms with Crippen molar-refractivity contribution >= 4 is 0 Å². The molecule has 0 bridgehead atoms. The molecule has 17 heavy (non-hydrogen) atoms. The molecular formula is C13H16F3N. The zero-order valence-electron chi connectivity index (χ0n) is 9.56. The normalized spacial score (nSPS) is 20.8. The van der Waals surface area contributed by atoms with Gasteiger partial charge in [-0.3, -0.25) is 0 Å². The van der Waals surface area contributed by atoms with Crippen LogP contribution in [-0.2, 0) is 6.42 Å². The van der Waals surface area contributed by atoms with E-state index in [1.165, 1.54) is 25.0 Å². The van der Waals surface area contributed by atoms with Crippen LogP contribution in [0.1, 0.15) is 36.8 Å². The van der Waals surface area contributed by atoms with Crippen LogP contribution in [0.3, 0.4) is 0 Å². The van der Waals surface area contributed by atoms with Gasteiger partial charge in [0.2, 0.25) is 0 Å². The Morgan fingerprint density at radius 1 is 1.29 bits per heavy atom. The van der Waals surface area contributed by atoms with Gasteiger partial charge in [0.25, 0.3) is 6.43 Å². The summed E-state index contributed by atoms with van der Waals surface area (Å²) in [5, 5.41) is 3.35. The Morgan fingerprint density at radius 3 is 2.71 bits per heavy atom. The molecular weight excluding hydrogens is 227 g/mol. The fourth-order valence-electron chi connectivity index (χ4n) is 2.26. The molecule has 1 fully saturated rings. The lowest BCUT2D eigenvalue weighted by atomic mass is 9.97. The third kappa shape index (κ3) is 3.22. The lowest BCUT2D eigenvalue weighted by Crippen LogP contribution is -2.35. The van der Waals surface area contributed by atoms with Crippen molar-refractivity contribution in [3.8, 4) is 0 Å². The van der Waals surface area contributed by atoms with Crippen molar-refractivity contribution in [2.45, 2.75) is 38.2 Å². The third-order valence-electron chi connectivity index (χ3n) is 3.19. The second kappa shape index (κ2) is 5.54. The van der Waals surface area contributed by atoms with Crippen LogP contribution in [0, 0.1) is 5.82 Å². The first kappa shape index (κ1) is 12.4. The second-order valence-electron chi connectivity index (χ2n) is 4.51. The summed E-state index contributed by atoms with van der Waals surface area (Å²) in [4.78, 5) is 0. The zero-order chi connectivity index (χ0) is 12.3. The first-order valence-electron chi connectivity index (χ1n) is 5.96. The smallest absolute Gasteiger partial charge is 0.266 e. The van der Waals surface area contributed by atoms with Crippen LogP contribution in [0.2, 0.25) is 0 Å². The predicted molar refractivity (Wildman–Crippen MR) is 60.7 cm³/mol. The van der Waals surface area contributed by atoms with Crippen molar-refractivity contribution in [3.63, 3.8) is 0 Å². The Balaban J connectivity index is 2.04. The predicted octanol–water partition coefficient (Wildman–Crippen LogP) is 3.45. The highest BCUT2D eigenvalue weighted by molar-refractivity contribution is 5.26. The lowest BCUT2D eigenvalue weighted by molar-refractivity contribution is 0.146. The van der Waals surface area contributed by atoms with E-state index < -0.39 is 17.8 Å². The highest BCUT2D eigenvalue weighted by atomic mass is 19.3. The quantitative estimate of drug-likeness (QED) is 0.857. The monoisotopic (exact) mass is 243 g/mol. The fraction of sp³-hybridized carbons (Fsp3) is 0.538. The molecule has 0 aliphatic carbocycles. The number of hydrogen-bond donors (Lipinski definition) is 1. The van der Waals surface area contributed by atoms with Crippen LogP contribution < -0.4 is 5.32 Å². The summed E-state index contributed by atoms with van der Waals surface area (Å²) in [6, 6.07) is 4.37. The maximum absolute atomic E-state index is 13.4. The van der Waals surface area contributed by atoms with Gasteiger partial charge in [-0.15, -0.1) is 0 Å². The first-order valence-corrected chi connectivity index (χ1v) is 5.96. The molecule has 1 nitrogen and oxygen atoms in total. The highest BCUT2D eigenvalue weighted by Gasteiger charge is 2.16. The van der Waals surface area contributed by atoms with Gasteiger partial charge in [-0.25, -0.2) is 13.2 Å². The molecule has 0 saturated carbocycles. The summed E-state index contributed by atoms with van der Waals surface area (Å²) >= 11 is 0. The van der Waals surface area contributed by atoms with E-state index in [0.29, 0.717) is 12.5 Å². The summed E-state index contributed by atoms with van der Waals surface area (Å²) in [6.07, 6.45) is 1.39. The molecule has 1 aromatic carbocycles. The van der Waals surface area contributed by atoms with Gasteiger partial charge >= 0.3 is 0 Å². The van der Waals surface area contributed by atoms with Gasteiger partial charge in [0, 0.05) is 6.04 Å². The molecule has 4 heteroatoms. The van der Waals surface area contributed by atoms with Crippen LogP contribution in [0.4, 0.5) is 13.2 Å². The number of hydrogen-bond acceptors (Lipinski definition) is 1. The Kier molecular flexibility index (Phi) is 4.05. The van der Waals surface area contributed by atoms with Crippen LogP contribution >= 0.6 is 0 Å². The van der Waals surface area contributed by atoms with Gasteiger partial charge in [0.15, 0.2) is 0 Å². The highest BCUT2D eigenvalue weighted by Crippen LogP contribution is 2.23. The number of rotatable bonds is 3. The van der Waals surface area contributed by atoms with Gasteiger partial charge < -0.3 is 5.32 Å². The average molecular weight is 243 g/mol. The number of halogens is 3. The molecule has 1 aromatic rings. The molecule has 0 amide bonds. The number of benzene rings is 1. The van der Waals surface area contributed by atoms with Crippen LogP contribution in [0.5, 0.6) is 0 Å². The maximum Gasteiger partial charge on any atom is 0.266 e. The molecule has 0 radical (unpaired) electrons. The third-order valence-corrected chi connectivity index (χ3v) is 3.19. The van der Waals surface area contributed by atoms with E-state index in [4.69, 9.17) is 0 Å². The molecule has 1 unspecified atom stereocenters. The second-order valence-corrected chi connectivity index (χ2v) is 4.51. The molecule has 0 aromatic heterocycles. The average Bonchev–Trinajstić information content (AvgIpc) is 2.30. The van der Waals surface area contributed by atoms with E-state index in [1.54, 1.807) is 6.07 Å². The van der Waals surface area contributed by atoms with Crippen molar-refractivity contribution in [2.75, 3.05) is 6.54 Å². The summed E-state index contributed by atoms with van der Waals surface area (Å²) in [6.45, 7) is 0.988. The molecule has 1 saturated heterocycles. The summed E-state index contributed by atoms with van der Waals surface area (Å²) in [5.74, 6) is -0.798. The van der Waals surface area contributed by atoms with E-state index >= 15 is 0 Å². The van der Waals surface area contributed by atoms with Crippen molar-refractivity contribution in [3.05, 3.63) is 35.1 Å². The molecule has 1 N–H and O–H groups in total. The summed E-state index contributed by atoms with van der Waals surface area (Å²) in [5.41, 5.74) is 0.275. The molecule has 2 rings (SSSR count). The minimum Gasteiger partial charge on any atom is -0.314 e. The standard InChI is InChI=1S/C13H16F3N/c14-12-8-9(4-5-11(12)13(15)16)7-10-3-1-2-6-17-10/h4-5,8,10,13,17H,1-3,6-7H2. The fourth-order valence-corrected chi connectivity index (χ4v) is 2.26. The Hall–Kier alpha value is -1.03. The Morgan fingerprint density at radius 2 is 2.12 bits per heavy atom. The van der Waals surface area contributed by atoms with Gasteiger partial charge in [-0.1, -0.05) is 18.6 Å². The number of piperidine rings is 1. The van der Waals surface area contributed by atoms with Gasteiger partial charge in [0.1, 0.15) is 5.82 Å².